The van der Waals surface area contributed by atoms with Crippen LogP contribution in [0.25, 0.3) is 0 Å². The van der Waals surface area contributed by atoms with E-state index in [9.17, 15) is 18.0 Å². The molecule has 0 aliphatic carbocycles. The number of rotatable bonds is 11. The van der Waals surface area contributed by atoms with Gasteiger partial charge in [0.1, 0.15) is 5.75 Å². The first-order chi connectivity index (χ1) is 15.2. The van der Waals surface area contributed by atoms with Crippen molar-refractivity contribution in [3.63, 3.8) is 0 Å². The topological polar surface area (TPSA) is 102 Å². The Morgan fingerprint density at radius 3 is 2.25 bits per heavy atom. The summed E-state index contributed by atoms with van der Waals surface area (Å²) in [7, 11) is -3.85. The molecule has 0 atom stereocenters. The van der Waals surface area contributed by atoms with Gasteiger partial charge in [-0.25, -0.2) is 8.42 Å². The molecule has 0 radical (unpaired) electrons. The molecule has 0 unspecified atom stereocenters. The van der Waals surface area contributed by atoms with E-state index in [0.717, 1.165) is 9.87 Å². The largest absolute Gasteiger partial charge is 0.494 e. The molecule has 0 aromatic heterocycles. The maximum atomic E-state index is 13.0. The van der Waals surface area contributed by atoms with Gasteiger partial charge in [0.2, 0.25) is 15.9 Å². The zero-order valence-corrected chi connectivity index (χ0v) is 19.7. The number of amides is 1. The average molecular weight is 463 g/mol. The number of carbonyl (C=O) groups excluding carboxylic acids is 2. The molecule has 0 saturated carbocycles. The van der Waals surface area contributed by atoms with E-state index in [0.29, 0.717) is 30.2 Å². The van der Waals surface area contributed by atoms with Crippen LogP contribution in [-0.2, 0) is 30.8 Å². The van der Waals surface area contributed by atoms with E-state index in [1.165, 1.54) is 6.07 Å². The van der Waals surface area contributed by atoms with E-state index in [-0.39, 0.29) is 30.4 Å². The molecule has 0 fully saturated rings. The fraction of sp³-hybridized carbons (Fsp3) is 0.391. The Balaban J connectivity index is 2.05. The number of anilines is 1. The van der Waals surface area contributed by atoms with Crippen molar-refractivity contribution in [1.82, 2.24) is 4.31 Å². The summed E-state index contributed by atoms with van der Waals surface area (Å²) in [6, 6.07) is 11.4. The van der Waals surface area contributed by atoms with E-state index < -0.39 is 15.9 Å². The van der Waals surface area contributed by atoms with E-state index in [1.54, 1.807) is 57.2 Å². The zero-order chi connectivity index (χ0) is 23.7. The summed E-state index contributed by atoms with van der Waals surface area (Å²) in [6.07, 6.45) is 0.144. The van der Waals surface area contributed by atoms with Crippen molar-refractivity contribution < 1.29 is 27.5 Å². The fourth-order valence-corrected chi connectivity index (χ4v) is 4.55. The third-order valence-corrected chi connectivity index (χ3v) is 6.56. The Morgan fingerprint density at radius 2 is 1.69 bits per heavy atom. The highest BCUT2D eigenvalue weighted by molar-refractivity contribution is 7.89. The number of nitrogens with zero attached hydrogens (tertiary/aromatic N) is 1. The lowest BCUT2D eigenvalue weighted by Gasteiger charge is -2.21. The Kier molecular flexibility index (Phi) is 9.22. The molecule has 32 heavy (non-hydrogen) atoms. The van der Waals surface area contributed by atoms with Crippen molar-refractivity contribution >= 4 is 27.6 Å². The second kappa shape index (κ2) is 11.6. The minimum absolute atomic E-state index is 0.108. The van der Waals surface area contributed by atoms with Gasteiger partial charge in [-0.15, -0.1) is 0 Å². The highest BCUT2D eigenvalue weighted by atomic mass is 32.2. The Labute approximate surface area is 189 Å². The van der Waals surface area contributed by atoms with Gasteiger partial charge < -0.3 is 14.8 Å². The predicted molar refractivity (Wildman–Crippen MR) is 122 cm³/mol. The molecule has 8 nitrogen and oxygen atoms in total. The summed E-state index contributed by atoms with van der Waals surface area (Å²) in [5.41, 5.74) is 1.97. The van der Waals surface area contributed by atoms with Gasteiger partial charge in [-0.1, -0.05) is 19.1 Å². The van der Waals surface area contributed by atoms with Crippen LogP contribution in [0.3, 0.4) is 0 Å². The summed E-state index contributed by atoms with van der Waals surface area (Å²) in [5, 5.41) is 2.69. The molecule has 2 rings (SSSR count). The van der Waals surface area contributed by atoms with Crippen molar-refractivity contribution in [1.29, 1.82) is 0 Å². The van der Waals surface area contributed by atoms with Gasteiger partial charge in [-0.3, -0.25) is 9.59 Å². The molecule has 0 aliphatic rings. The molecule has 0 bridgehead atoms. The second-order valence-electron chi connectivity index (χ2n) is 7.02. The van der Waals surface area contributed by atoms with Gasteiger partial charge in [0.05, 0.1) is 31.1 Å². The molecule has 0 heterocycles. The highest BCUT2D eigenvalue weighted by Gasteiger charge is 2.26. The summed E-state index contributed by atoms with van der Waals surface area (Å²) in [4.78, 5) is 24.2. The third kappa shape index (κ3) is 6.80. The van der Waals surface area contributed by atoms with Crippen LogP contribution in [0.5, 0.6) is 5.75 Å². The van der Waals surface area contributed by atoms with E-state index in [4.69, 9.17) is 9.47 Å². The van der Waals surface area contributed by atoms with E-state index >= 15 is 0 Å². The van der Waals surface area contributed by atoms with Crippen LogP contribution in [0.15, 0.2) is 47.4 Å². The van der Waals surface area contributed by atoms with E-state index in [2.05, 4.69) is 5.32 Å². The molecule has 9 heteroatoms. The number of aryl methyl sites for hydroxylation is 1. The number of hydrogen-bond donors (Lipinski definition) is 1. The monoisotopic (exact) mass is 462 g/mol. The van der Waals surface area contributed by atoms with Crippen molar-refractivity contribution in [2.75, 3.05) is 31.6 Å². The van der Waals surface area contributed by atoms with Gasteiger partial charge >= 0.3 is 5.97 Å². The molecule has 0 saturated heterocycles. The number of hydrogen-bond acceptors (Lipinski definition) is 6. The van der Waals surface area contributed by atoms with Crippen molar-refractivity contribution in [3.8, 4) is 5.75 Å². The maximum absolute atomic E-state index is 13.0. The smallest absolute Gasteiger partial charge is 0.310 e. The van der Waals surface area contributed by atoms with Crippen molar-refractivity contribution in [2.24, 2.45) is 0 Å². The number of ether oxygens (including phenoxy) is 2. The van der Waals surface area contributed by atoms with Crippen LogP contribution in [0, 0.1) is 6.92 Å². The summed E-state index contributed by atoms with van der Waals surface area (Å²) >= 11 is 0. The highest BCUT2D eigenvalue weighted by Crippen LogP contribution is 2.24. The maximum Gasteiger partial charge on any atom is 0.310 e. The van der Waals surface area contributed by atoms with Crippen LogP contribution < -0.4 is 10.1 Å². The lowest BCUT2D eigenvalue weighted by Crippen LogP contribution is -2.37. The molecule has 174 valence electrons. The molecule has 0 spiro atoms. The Hall–Kier alpha value is -2.91. The van der Waals surface area contributed by atoms with Gasteiger partial charge in [-0.05, 0) is 62.2 Å². The number of likely N-dealkylation sites (N-methyl/N-ethyl adjacent to an activating group) is 1. The van der Waals surface area contributed by atoms with Gasteiger partial charge in [0.15, 0.2) is 0 Å². The molecular weight excluding hydrogens is 432 g/mol. The number of benzene rings is 2. The van der Waals surface area contributed by atoms with Gasteiger partial charge in [-0.2, -0.15) is 4.31 Å². The second-order valence-corrected chi connectivity index (χ2v) is 8.96. The Bertz CT molecular complexity index is 1030. The summed E-state index contributed by atoms with van der Waals surface area (Å²) in [5.74, 6) is -0.160. The number of carbonyl (C=O) groups is 2. The zero-order valence-electron chi connectivity index (χ0n) is 18.9. The van der Waals surface area contributed by atoms with Crippen LogP contribution in [0.1, 0.15) is 31.9 Å². The number of esters is 1. The first-order valence-corrected chi connectivity index (χ1v) is 11.9. The quantitative estimate of drug-likeness (QED) is 0.515. The standard InChI is InChI=1S/C23H30N2O6S/c1-5-25(32(28,29)20-12-13-21(30-6-2)17(4)14-20)16-22(26)24-19-10-8-18(9-11-19)15-23(27)31-7-3/h8-14H,5-7,15-16H2,1-4H3,(H,24,26). The van der Waals surface area contributed by atoms with Gasteiger partial charge in [0, 0.05) is 12.2 Å². The number of nitrogens with one attached hydrogen (secondary N) is 1. The molecule has 2 aromatic carbocycles. The SMILES string of the molecule is CCOC(=O)Cc1ccc(NC(=O)CN(CC)S(=O)(=O)c2ccc(OCC)c(C)c2)cc1. The van der Waals surface area contributed by atoms with Crippen molar-refractivity contribution in [3.05, 3.63) is 53.6 Å². The van der Waals surface area contributed by atoms with Crippen LogP contribution in [-0.4, -0.2) is 50.9 Å². The molecule has 1 amide bonds. The van der Waals surface area contributed by atoms with E-state index in [1.807, 2.05) is 6.92 Å². The normalized spacial score (nSPS) is 11.3. The third-order valence-electron chi connectivity index (χ3n) is 4.65. The molecule has 0 aliphatic heterocycles. The minimum Gasteiger partial charge on any atom is -0.494 e. The van der Waals surface area contributed by atoms with Crippen LogP contribution in [0.2, 0.25) is 0 Å². The van der Waals surface area contributed by atoms with Crippen LogP contribution in [0.4, 0.5) is 5.69 Å². The summed E-state index contributed by atoms with van der Waals surface area (Å²) < 4.78 is 37.6. The fourth-order valence-electron chi connectivity index (χ4n) is 3.06. The first kappa shape index (κ1) is 25.4. The predicted octanol–water partition coefficient (Wildman–Crippen LogP) is 3.15. The molecule has 2 aromatic rings. The van der Waals surface area contributed by atoms with Crippen LogP contribution >= 0.6 is 0 Å². The number of sulfonamides is 1. The molecule has 1 N–H and O–H groups in total. The molecular formula is C23H30N2O6S. The lowest BCUT2D eigenvalue weighted by atomic mass is 10.1. The minimum atomic E-state index is -3.85. The lowest BCUT2D eigenvalue weighted by molar-refractivity contribution is -0.142. The summed E-state index contributed by atoms with van der Waals surface area (Å²) in [6.45, 7) is 7.67. The van der Waals surface area contributed by atoms with Gasteiger partial charge in [0.25, 0.3) is 0 Å². The Morgan fingerprint density at radius 1 is 1.00 bits per heavy atom. The first-order valence-electron chi connectivity index (χ1n) is 10.5. The average Bonchev–Trinajstić information content (AvgIpc) is 2.75. The van der Waals surface area contributed by atoms with Crippen molar-refractivity contribution in [2.45, 2.75) is 39.0 Å².